The molecule has 0 atom stereocenters. The number of rotatable bonds is 11. The molecule has 0 N–H and O–H groups in total. The average molecular weight is 388 g/mol. The maximum absolute atomic E-state index is 12.6. The van der Waals surface area contributed by atoms with E-state index in [0.717, 1.165) is 25.7 Å². The minimum absolute atomic E-state index is 0.00651. The van der Waals surface area contributed by atoms with Gasteiger partial charge in [0.05, 0.1) is 19.3 Å². The lowest BCUT2D eigenvalue weighted by atomic mass is 9.91. The van der Waals surface area contributed by atoms with E-state index < -0.39 is 11.4 Å². The Hall–Kier alpha value is -1.90. The van der Waals surface area contributed by atoms with Crippen molar-refractivity contribution in [3.05, 3.63) is 29.8 Å². The fourth-order valence-electron chi connectivity index (χ4n) is 3.19. The summed E-state index contributed by atoms with van der Waals surface area (Å²) < 4.78 is 16.6. The summed E-state index contributed by atoms with van der Waals surface area (Å²) in [6.07, 6.45) is 9.73. The van der Waals surface area contributed by atoms with Crippen molar-refractivity contribution in [1.82, 2.24) is 0 Å². The van der Waals surface area contributed by atoms with Gasteiger partial charge in [-0.2, -0.15) is 5.26 Å². The lowest BCUT2D eigenvalue weighted by molar-refractivity contribution is -0.223. The van der Waals surface area contributed by atoms with Gasteiger partial charge in [0.15, 0.2) is 6.29 Å². The fraction of sp³-hybridized carbons (Fsp3) is 0.652. The number of unbranched alkanes of at least 4 members (excludes halogenated alkanes) is 5. The molecule has 0 aliphatic carbocycles. The van der Waals surface area contributed by atoms with Crippen LogP contribution in [-0.2, 0) is 20.7 Å². The summed E-state index contributed by atoms with van der Waals surface area (Å²) in [6, 6.07) is 9.59. The second-order valence-electron chi connectivity index (χ2n) is 7.59. The lowest BCUT2D eigenvalue weighted by Crippen LogP contribution is -2.48. The van der Waals surface area contributed by atoms with Crippen LogP contribution in [0.4, 0.5) is 0 Å². The van der Waals surface area contributed by atoms with Gasteiger partial charge in [-0.1, -0.05) is 58.1 Å². The molecule has 2 rings (SSSR count). The largest absolute Gasteiger partial charge is 0.425 e. The third kappa shape index (κ3) is 6.61. The number of nitriles is 1. The van der Waals surface area contributed by atoms with Crippen LogP contribution >= 0.6 is 0 Å². The summed E-state index contributed by atoms with van der Waals surface area (Å²) in [7, 11) is 0. The molecule has 0 saturated carbocycles. The number of hydrogen-bond donors (Lipinski definition) is 0. The second kappa shape index (κ2) is 11.8. The number of ether oxygens (including phenoxy) is 3. The molecule has 28 heavy (non-hydrogen) atoms. The summed E-state index contributed by atoms with van der Waals surface area (Å²) in [5.41, 5.74) is -0.171. The molecular formula is C23H33NO4. The smallest absolute Gasteiger partial charge is 0.336 e. The summed E-state index contributed by atoms with van der Waals surface area (Å²) in [5, 5.41) is 9.54. The SMILES string of the molecule is CCCCCCCc1ccc(OC(=O)C2(C#N)COC(CCCC)OC2)cc1. The van der Waals surface area contributed by atoms with Crippen molar-refractivity contribution in [2.45, 2.75) is 77.9 Å². The maximum atomic E-state index is 12.6. The van der Waals surface area contributed by atoms with Crippen LogP contribution in [0.25, 0.3) is 0 Å². The van der Waals surface area contributed by atoms with E-state index in [-0.39, 0.29) is 19.5 Å². The Kier molecular flexibility index (Phi) is 9.46. The van der Waals surface area contributed by atoms with Gasteiger partial charge in [-0.25, -0.2) is 4.79 Å². The normalized spacial score (nSPS) is 21.8. The molecule has 154 valence electrons. The first-order valence-electron chi connectivity index (χ1n) is 10.6. The zero-order chi connectivity index (χ0) is 20.2. The number of hydrogen-bond acceptors (Lipinski definition) is 5. The van der Waals surface area contributed by atoms with E-state index in [0.29, 0.717) is 5.75 Å². The lowest BCUT2D eigenvalue weighted by Gasteiger charge is -2.33. The van der Waals surface area contributed by atoms with Crippen molar-refractivity contribution >= 4 is 5.97 Å². The van der Waals surface area contributed by atoms with Gasteiger partial charge in [-0.05, 0) is 43.4 Å². The Morgan fingerprint density at radius 1 is 1.07 bits per heavy atom. The number of carbonyl (C=O) groups is 1. The first-order chi connectivity index (χ1) is 13.6. The minimum Gasteiger partial charge on any atom is -0.425 e. The molecular weight excluding hydrogens is 354 g/mol. The van der Waals surface area contributed by atoms with Crippen molar-refractivity contribution < 1.29 is 19.0 Å². The molecule has 1 aromatic carbocycles. The van der Waals surface area contributed by atoms with E-state index in [1.54, 1.807) is 12.1 Å². The van der Waals surface area contributed by atoms with Crippen LogP contribution in [0.3, 0.4) is 0 Å². The molecule has 1 heterocycles. The minimum atomic E-state index is -1.40. The van der Waals surface area contributed by atoms with Gasteiger partial charge in [0.1, 0.15) is 5.75 Å². The van der Waals surface area contributed by atoms with E-state index >= 15 is 0 Å². The Balaban J connectivity index is 1.83. The number of carbonyl (C=O) groups excluding carboxylic acids is 1. The molecule has 5 heteroatoms. The first-order valence-corrected chi connectivity index (χ1v) is 10.6. The molecule has 1 aliphatic heterocycles. The van der Waals surface area contributed by atoms with Crippen molar-refractivity contribution in [3.8, 4) is 11.8 Å². The summed E-state index contributed by atoms with van der Waals surface area (Å²) >= 11 is 0. The van der Waals surface area contributed by atoms with E-state index in [9.17, 15) is 10.1 Å². The highest BCUT2D eigenvalue weighted by atomic mass is 16.7. The van der Waals surface area contributed by atoms with Crippen LogP contribution in [0.15, 0.2) is 24.3 Å². The molecule has 0 unspecified atom stereocenters. The van der Waals surface area contributed by atoms with E-state index in [4.69, 9.17) is 14.2 Å². The van der Waals surface area contributed by atoms with Crippen LogP contribution < -0.4 is 4.74 Å². The summed E-state index contributed by atoms with van der Waals surface area (Å²) in [6.45, 7) is 4.32. The molecule has 0 aromatic heterocycles. The molecule has 1 aromatic rings. The van der Waals surface area contributed by atoms with Crippen molar-refractivity contribution in [2.75, 3.05) is 13.2 Å². The van der Waals surface area contributed by atoms with E-state index in [1.165, 1.54) is 37.7 Å². The third-order valence-corrected chi connectivity index (χ3v) is 5.13. The Morgan fingerprint density at radius 2 is 1.71 bits per heavy atom. The highest BCUT2D eigenvalue weighted by Crippen LogP contribution is 2.28. The predicted octanol–water partition coefficient (Wildman–Crippen LogP) is 5.18. The van der Waals surface area contributed by atoms with Crippen LogP contribution in [0.2, 0.25) is 0 Å². The highest BCUT2D eigenvalue weighted by Gasteiger charge is 2.46. The van der Waals surface area contributed by atoms with Crippen LogP contribution in [0, 0.1) is 16.7 Å². The number of aryl methyl sites for hydroxylation is 1. The summed E-state index contributed by atoms with van der Waals surface area (Å²) in [4.78, 5) is 12.6. The Morgan fingerprint density at radius 3 is 2.32 bits per heavy atom. The van der Waals surface area contributed by atoms with Crippen LogP contribution in [0.5, 0.6) is 5.75 Å². The van der Waals surface area contributed by atoms with Gasteiger partial charge in [-0.3, -0.25) is 0 Å². The fourth-order valence-corrected chi connectivity index (χ4v) is 3.19. The summed E-state index contributed by atoms with van der Waals surface area (Å²) in [5.74, 6) is -0.168. The van der Waals surface area contributed by atoms with Crippen molar-refractivity contribution in [1.29, 1.82) is 5.26 Å². The molecule has 0 spiro atoms. The zero-order valence-electron chi connectivity index (χ0n) is 17.2. The van der Waals surface area contributed by atoms with Gasteiger partial charge in [-0.15, -0.1) is 0 Å². The standard InChI is InChI=1S/C23H33NO4/c1-3-5-7-8-9-10-19-12-14-20(15-13-19)28-22(25)23(16-24)17-26-21(27-18-23)11-6-4-2/h12-15,21H,3-11,17-18H2,1-2H3. The van der Waals surface area contributed by atoms with Crippen molar-refractivity contribution in [3.63, 3.8) is 0 Å². The molecule has 1 fully saturated rings. The average Bonchev–Trinajstić information content (AvgIpc) is 2.73. The topological polar surface area (TPSA) is 68.6 Å². The quantitative estimate of drug-likeness (QED) is 0.297. The number of nitrogens with zero attached hydrogens (tertiary/aromatic N) is 1. The van der Waals surface area contributed by atoms with Gasteiger partial charge < -0.3 is 14.2 Å². The Labute approximate surface area is 169 Å². The molecule has 0 amide bonds. The Bertz CT molecular complexity index is 627. The predicted molar refractivity (Wildman–Crippen MR) is 108 cm³/mol. The van der Waals surface area contributed by atoms with E-state index in [1.807, 2.05) is 18.2 Å². The zero-order valence-corrected chi connectivity index (χ0v) is 17.2. The molecule has 1 aliphatic rings. The van der Waals surface area contributed by atoms with Gasteiger partial charge in [0.2, 0.25) is 5.41 Å². The molecule has 0 bridgehead atoms. The van der Waals surface area contributed by atoms with Gasteiger partial charge in [0.25, 0.3) is 0 Å². The molecule has 5 nitrogen and oxygen atoms in total. The second-order valence-corrected chi connectivity index (χ2v) is 7.59. The molecule has 0 radical (unpaired) electrons. The third-order valence-electron chi connectivity index (χ3n) is 5.13. The van der Waals surface area contributed by atoms with Crippen LogP contribution in [-0.4, -0.2) is 25.5 Å². The number of benzene rings is 1. The van der Waals surface area contributed by atoms with Gasteiger partial charge in [0, 0.05) is 0 Å². The van der Waals surface area contributed by atoms with Crippen LogP contribution in [0.1, 0.15) is 70.8 Å². The molecule has 1 saturated heterocycles. The van der Waals surface area contributed by atoms with Crippen molar-refractivity contribution in [2.24, 2.45) is 5.41 Å². The first kappa shape index (κ1) is 22.4. The number of esters is 1. The maximum Gasteiger partial charge on any atom is 0.336 e. The monoisotopic (exact) mass is 387 g/mol. The highest BCUT2D eigenvalue weighted by molar-refractivity contribution is 5.82. The van der Waals surface area contributed by atoms with E-state index in [2.05, 4.69) is 13.8 Å². The van der Waals surface area contributed by atoms with Gasteiger partial charge >= 0.3 is 5.97 Å².